The molecule has 0 saturated heterocycles. The summed E-state index contributed by atoms with van der Waals surface area (Å²) in [6, 6.07) is 63.3. The summed E-state index contributed by atoms with van der Waals surface area (Å²) in [6.45, 7) is 13.5. The van der Waals surface area contributed by atoms with E-state index in [0.29, 0.717) is 0 Å². The van der Waals surface area contributed by atoms with Crippen LogP contribution >= 0.6 is 0 Å². The van der Waals surface area contributed by atoms with Crippen LogP contribution in [0.15, 0.2) is 188 Å². The molecule has 9 aromatic rings. The van der Waals surface area contributed by atoms with Gasteiger partial charge in [0.1, 0.15) is 0 Å². The molecule has 3 heterocycles. The molecule has 0 aliphatic carbocycles. The minimum Gasteiger partial charge on any atom is -0.0579 e. The predicted octanol–water partition coefficient (Wildman–Crippen LogP) is 12.5. The van der Waals surface area contributed by atoms with E-state index in [4.69, 9.17) is 9.72 Å². The van der Waals surface area contributed by atoms with Gasteiger partial charge in [0.25, 0.3) is 0 Å². The third-order valence-corrected chi connectivity index (χ3v) is 15.0. The Kier molecular flexibility index (Phi) is 10.1. The van der Waals surface area contributed by atoms with E-state index >= 15 is 0 Å². The summed E-state index contributed by atoms with van der Waals surface area (Å²) in [5.41, 5.74) is 14.0. The fourth-order valence-electron chi connectivity index (χ4n) is 8.42. The molecule has 6 heteroatoms. The molecule has 304 valence electrons. The average Bonchev–Trinajstić information content (AvgIpc) is 3.67. The van der Waals surface area contributed by atoms with Gasteiger partial charge in [0.05, 0.1) is 0 Å². The van der Waals surface area contributed by atoms with E-state index in [1.807, 2.05) is 12.3 Å². The van der Waals surface area contributed by atoms with E-state index in [1.165, 1.54) is 46.3 Å². The van der Waals surface area contributed by atoms with Crippen molar-refractivity contribution in [3.8, 4) is 45.1 Å². The van der Waals surface area contributed by atoms with E-state index in [2.05, 4.69) is 232 Å². The fraction of sp³-hybridized carbons (Fsp3) is 0.143. The summed E-state index contributed by atoms with van der Waals surface area (Å²) >= 11 is -0.616. The van der Waals surface area contributed by atoms with Crippen LogP contribution in [0.4, 0.5) is 17.2 Å². The van der Waals surface area contributed by atoms with Crippen LogP contribution in [0, 0.1) is 0 Å². The van der Waals surface area contributed by atoms with E-state index in [1.54, 1.807) is 0 Å². The Labute approximate surface area is 375 Å². The molecule has 0 bridgehead atoms. The van der Waals surface area contributed by atoms with E-state index in [-0.39, 0.29) is 10.8 Å². The van der Waals surface area contributed by atoms with Crippen molar-refractivity contribution in [3.05, 3.63) is 200 Å². The van der Waals surface area contributed by atoms with Gasteiger partial charge >= 0.3 is 244 Å². The van der Waals surface area contributed by atoms with Crippen molar-refractivity contribution in [2.24, 2.45) is 0 Å². The molecule has 0 N–H and O–H groups in total. The molecular weight excluding hydrogens is 872 g/mol. The van der Waals surface area contributed by atoms with Crippen molar-refractivity contribution in [2.45, 2.75) is 52.4 Å². The molecule has 0 amide bonds. The Balaban J connectivity index is 1.06. The maximum absolute atomic E-state index is 6.79. The van der Waals surface area contributed by atoms with Crippen molar-refractivity contribution >= 4 is 56.4 Å². The Hall–Kier alpha value is -6.45. The van der Waals surface area contributed by atoms with Crippen molar-refractivity contribution in [1.82, 2.24) is 9.55 Å². The van der Waals surface area contributed by atoms with Crippen LogP contribution in [-0.4, -0.2) is 30.5 Å². The van der Waals surface area contributed by atoms with Crippen LogP contribution < -0.4 is 21.4 Å². The van der Waals surface area contributed by atoms with Crippen LogP contribution in [0.5, 0.6) is 11.5 Å². The summed E-state index contributed by atoms with van der Waals surface area (Å²) in [4.78, 5) is 7.26. The van der Waals surface area contributed by atoms with Crippen LogP contribution in [0.1, 0.15) is 52.7 Å². The van der Waals surface area contributed by atoms with Gasteiger partial charge in [-0.05, 0) is 22.1 Å². The Morgan fingerprint density at radius 1 is 0.532 bits per heavy atom. The number of anilines is 3. The van der Waals surface area contributed by atoms with E-state index in [9.17, 15) is 0 Å². The van der Waals surface area contributed by atoms with Crippen molar-refractivity contribution in [2.75, 3.05) is 4.90 Å². The molecule has 0 radical (unpaired) electrons. The first-order valence-electron chi connectivity index (χ1n) is 21.3. The van der Waals surface area contributed by atoms with Gasteiger partial charge in [0, 0.05) is 11.1 Å². The molecule has 10 rings (SSSR count). The third-order valence-electron chi connectivity index (χ3n) is 11.7. The molecule has 5 nitrogen and oxygen atoms in total. The molecule has 7 aromatic carbocycles. The molecule has 0 saturated carbocycles. The second kappa shape index (κ2) is 15.8. The van der Waals surface area contributed by atoms with E-state index in [0.717, 1.165) is 45.4 Å². The topological polar surface area (TPSA) is 34.2 Å². The van der Waals surface area contributed by atoms with Gasteiger partial charge in [-0.1, -0.05) is 99.6 Å². The van der Waals surface area contributed by atoms with Crippen LogP contribution in [-0.2, 0) is 10.8 Å². The number of benzene rings is 7. The van der Waals surface area contributed by atoms with Crippen LogP contribution in [0.2, 0.25) is 0 Å². The standard InChI is InChI=1S/C56H49N4OTe/c1-55(2,3)40-28-26-39(27-29-40)46-21-15-20-45(38-16-8-7-9-17-38)54(46)59-37-58(47-22-10-11-23-48(47)59)42-18-14-19-43(35-42)61-44-30-31-52-50(36-44)60(49-24-12-13-25-51(49)62-52)53-34-41(32-33-57-53)56(4,5)6/h7-37H,1-6H3/q+1. The Morgan fingerprint density at radius 3 is 1.97 bits per heavy atom. The predicted molar refractivity (Wildman–Crippen MR) is 257 cm³/mol. The first kappa shape index (κ1) is 39.7. The zero-order valence-corrected chi connectivity index (χ0v) is 38.3. The SMILES string of the molecule is CC(C)(C)c1ccc(-c2cccc(-c3ccccc3)c2-[n+]2cn(-c3cccc(Oc4ccc5c(c4)N(c4cc(C(C)(C)C)ccn4)c4ccccc4[Te]5)c3)c3ccccc32)cc1. The third kappa shape index (κ3) is 7.49. The number of ether oxygens (including phenoxy) is 1. The molecule has 2 aromatic heterocycles. The normalized spacial score (nSPS) is 12.6. The summed E-state index contributed by atoms with van der Waals surface area (Å²) in [5, 5.41) is 0. The maximum atomic E-state index is 6.79. The monoisotopic (exact) mass is 923 g/mol. The minimum absolute atomic E-state index is 0.00373. The maximum Gasteiger partial charge on any atom is -0.0539 e. The van der Waals surface area contributed by atoms with Crippen molar-refractivity contribution in [1.29, 1.82) is 0 Å². The van der Waals surface area contributed by atoms with E-state index < -0.39 is 20.9 Å². The number of para-hydroxylation sites is 4. The fourth-order valence-corrected chi connectivity index (χ4v) is 11.4. The quantitative estimate of drug-likeness (QED) is 0.118. The number of hydrogen-bond acceptors (Lipinski definition) is 3. The molecule has 62 heavy (non-hydrogen) atoms. The van der Waals surface area contributed by atoms with Crippen LogP contribution in [0.3, 0.4) is 0 Å². The summed E-state index contributed by atoms with van der Waals surface area (Å²) in [6.07, 6.45) is 4.17. The second-order valence-corrected chi connectivity index (χ2v) is 21.1. The average molecular weight is 922 g/mol. The number of imidazole rings is 1. The van der Waals surface area contributed by atoms with Crippen molar-refractivity contribution < 1.29 is 9.30 Å². The van der Waals surface area contributed by atoms with Crippen LogP contribution in [0.25, 0.3) is 44.7 Å². The first-order chi connectivity index (χ1) is 30.0. The zero-order chi connectivity index (χ0) is 42.6. The second-order valence-electron chi connectivity index (χ2n) is 18.0. The van der Waals surface area contributed by atoms with Crippen molar-refractivity contribution in [3.63, 3.8) is 0 Å². The minimum atomic E-state index is -0.616. The summed E-state index contributed by atoms with van der Waals surface area (Å²) < 4.78 is 14.2. The number of pyridine rings is 1. The number of hydrogen-bond donors (Lipinski definition) is 0. The molecule has 1 aliphatic heterocycles. The molecule has 0 unspecified atom stereocenters. The van der Waals surface area contributed by atoms with Gasteiger partial charge in [-0.2, -0.15) is 0 Å². The number of rotatable bonds is 7. The number of nitrogens with zero attached hydrogens (tertiary/aromatic N) is 4. The molecule has 0 atom stereocenters. The Bertz CT molecular complexity index is 3100. The van der Waals surface area contributed by atoms with Gasteiger partial charge in [-0.15, -0.1) is 0 Å². The zero-order valence-electron chi connectivity index (χ0n) is 36.0. The smallest absolute Gasteiger partial charge is 0.0539 e. The summed E-state index contributed by atoms with van der Waals surface area (Å²) in [7, 11) is 0. The van der Waals surface area contributed by atoms with Gasteiger partial charge in [-0.3, -0.25) is 0 Å². The first-order valence-corrected chi connectivity index (χ1v) is 23.6. The number of aromatic nitrogens is 3. The molecule has 0 spiro atoms. The largest absolute Gasteiger partial charge is 0.0579 e. The van der Waals surface area contributed by atoms with Gasteiger partial charge in [-0.25, -0.2) is 0 Å². The van der Waals surface area contributed by atoms with Gasteiger partial charge in [0.2, 0.25) is 0 Å². The van der Waals surface area contributed by atoms with Gasteiger partial charge < -0.3 is 0 Å². The Morgan fingerprint density at radius 2 is 1.19 bits per heavy atom. The molecular formula is C56H49N4OTe+. The van der Waals surface area contributed by atoms with Gasteiger partial charge in [0.15, 0.2) is 0 Å². The molecule has 1 aliphatic rings. The molecule has 0 fully saturated rings. The summed E-state index contributed by atoms with van der Waals surface area (Å²) in [5.74, 6) is 2.48. The number of fused-ring (bicyclic) bond motifs is 3.